The summed E-state index contributed by atoms with van der Waals surface area (Å²) >= 11 is 0. The Morgan fingerprint density at radius 3 is 2.56 bits per heavy atom. The molecule has 0 radical (unpaired) electrons. The van der Waals surface area contributed by atoms with Crippen molar-refractivity contribution in [1.29, 1.82) is 0 Å². The third-order valence-electron chi connectivity index (χ3n) is 4.60. The number of ether oxygens (including phenoxy) is 1. The number of methoxy groups -OCH3 is 1. The second-order valence-electron chi connectivity index (χ2n) is 6.81. The number of sulfonamides is 1. The summed E-state index contributed by atoms with van der Waals surface area (Å²) in [5.41, 5.74) is 1.67. The van der Waals surface area contributed by atoms with E-state index in [-0.39, 0.29) is 11.4 Å². The molecule has 1 aliphatic heterocycles. The topological polar surface area (TPSA) is 84.4 Å². The van der Waals surface area contributed by atoms with Crippen molar-refractivity contribution in [3.8, 4) is 5.75 Å². The van der Waals surface area contributed by atoms with E-state index in [0.717, 1.165) is 43.0 Å². The van der Waals surface area contributed by atoms with Gasteiger partial charge in [-0.3, -0.25) is 0 Å². The van der Waals surface area contributed by atoms with Crippen molar-refractivity contribution in [1.82, 2.24) is 14.7 Å². The first kappa shape index (κ1) is 19.6. The minimum Gasteiger partial charge on any atom is -0.495 e. The van der Waals surface area contributed by atoms with Gasteiger partial charge in [0.2, 0.25) is 10.0 Å². The van der Waals surface area contributed by atoms with E-state index >= 15 is 0 Å². The van der Waals surface area contributed by atoms with Crippen LogP contribution in [0.5, 0.6) is 5.75 Å². The highest BCUT2D eigenvalue weighted by Gasteiger charge is 2.20. The van der Waals surface area contributed by atoms with Crippen LogP contribution in [-0.2, 0) is 16.6 Å². The summed E-state index contributed by atoms with van der Waals surface area (Å²) in [5.74, 6) is 1.64. The van der Waals surface area contributed by atoms with Crippen LogP contribution in [0.15, 0.2) is 29.2 Å². The fourth-order valence-corrected chi connectivity index (χ4v) is 4.44. The molecular formula is C19H26N4O3S. The molecule has 0 aliphatic carbocycles. The van der Waals surface area contributed by atoms with Gasteiger partial charge in [-0.25, -0.2) is 23.1 Å². The number of hydrogen-bond acceptors (Lipinski definition) is 6. The molecule has 0 atom stereocenters. The fraction of sp³-hybridized carbons (Fsp3) is 0.474. The van der Waals surface area contributed by atoms with Gasteiger partial charge in [-0.1, -0.05) is 6.07 Å². The highest BCUT2D eigenvalue weighted by molar-refractivity contribution is 7.89. The van der Waals surface area contributed by atoms with E-state index in [2.05, 4.69) is 19.6 Å². The van der Waals surface area contributed by atoms with Crippen LogP contribution in [0.25, 0.3) is 0 Å². The smallest absolute Gasteiger partial charge is 0.244 e. The summed E-state index contributed by atoms with van der Waals surface area (Å²) in [7, 11) is -2.29. The molecule has 2 aromatic rings. The maximum Gasteiger partial charge on any atom is 0.244 e. The van der Waals surface area contributed by atoms with Gasteiger partial charge in [0.15, 0.2) is 0 Å². The van der Waals surface area contributed by atoms with Gasteiger partial charge in [0.1, 0.15) is 22.3 Å². The summed E-state index contributed by atoms with van der Waals surface area (Å²) in [5, 5.41) is 0. The average Bonchev–Trinajstić information content (AvgIpc) is 2.67. The molecule has 146 valence electrons. The zero-order valence-electron chi connectivity index (χ0n) is 16.0. The molecule has 0 bridgehead atoms. The number of aryl methyl sites for hydroxylation is 2. The third kappa shape index (κ3) is 4.75. The predicted molar refractivity (Wildman–Crippen MR) is 105 cm³/mol. The number of nitrogens with one attached hydrogen (secondary N) is 1. The Labute approximate surface area is 160 Å². The van der Waals surface area contributed by atoms with E-state index in [1.807, 2.05) is 26.0 Å². The number of hydrogen-bond donors (Lipinski definition) is 1. The average molecular weight is 391 g/mol. The number of aromatic nitrogens is 2. The van der Waals surface area contributed by atoms with Crippen LogP contribution in [0.2, 0.25) is 0 Å². The standard InChI is InChI=1S/C19H26N4O3S/c1-14-7-8-16(26-3)17(11-14)27(24,25)20-13-18-21-15(2)12-19(22-18)23-9-5-4-6-10-23/h7-8,11-12,20H,4-6,9-10,13H2,1-3H3. The highest BCUT2D eigenvalue weighted by Crippen LogP contribution is 2.25. The van der Waals surface area contributed by atoms with Gasteiger partial charge >= 0.3 is 0 Å². The summed E-state index contributed by atoms with van der Waals surface area (Å²) in [6.07, 6.45) is 3.54. The zero-order valence-corrected chi connectivity index (χ0v) is 16.8. The maximum absolute atomic E-state index is 12.8. The Bertz CT molecular complexity index is 909. The van der Waals surface area contributed by atoms with Crippen LogP contribution < -0.4 is 14.4 Å². The minimum atomic E-state index is -3.74. The SMILES string of the molecule is COc1ccc(C)cc1S(=O)(=O)NCc1nc(C)cc(N2CCCCC2)n1. The van der Waals surface area contributed by atoms with Gasteiger partial charge in [0.05, 0.1) is 13.7 Å². The van der Waals surface area contributed by atoms with Crippen molar-refractivity contribution in [3.05, 3.63) is 41.3 Å². The van der Waals surface area contributed by atoms with Crippen LogP contribution in [0.4, 0.5) is 5.82 Å². The normalized spacial score (nSPS) is 15.0. The van der Waals surface area contributed by atoms with Crippen LogP contribution >= 0.6 is 0 Å². The first-order chi connectivity index (χ1) is 12.9. The lowest BCUT2D eigenvalue weighted by Gasteiger charge is -2.28. The number of nitrogens with zero attached hydrogens (tertiary/aromatic N) is 3. The van der Waals surface area contributed by atoms with Crippen LogP contribution in [-0.4, -0.2) is 38.6 Å². The molecule has 1 N–H and O–H groups in total. The van der Waals surface area contributed by atoms with Crippen molar-refractivity contribution in [2.24, 2.45) is 0 Å². The summed E-state index contributed by atoms with van der Waals surface area (Å²) in [6.45, 7) is 5.72. The molecule has 0 amide bonds. The molecule has 2 heterocycles. The number of piperidine rings is 1. The number of anilines is 1. The van der Waals surface area contributed by atoms with Crippen LogP contribution in [0.3, 0.4) is 0 Å². The summed E-state index contributed by atoms with van der Waals surface area (Å²) in [6, 6.07) is 7.01. The maximum atomic E-state index is 12.8. The first-order valence-electron chi connectivity index (χ1n) is 9.13. The van der Waals surface area contributed by atoms with E-state index in [1.54, 1.807) is 12.1 Å². The van der Waals surface area contributed by atoms with Crippen molar-refractivity contribution >= 4 is 15.8 Å². The molecule has 1 aliphatic rings. The zero-order chi connectivity index (χ0) is 19.4. The Morgan fingerprint density at radius 1 is 1.11 bits per heavy atom. The predicted octanol–water partition coefficient (Wildman–Crippen LogP) is 2.57. The van der Waals surface area contributed by atoms with Gasteiger partial charge in [0.25, 0.3) is 0 Å². The lowest BCUT2D eigenvalue weighted by atomic mass is 10.1. The molecule has 1 aromatic carbocycles. The molecule has 0 saturated carbocycles. The monoisotopic (exact) mass is 390 g/mol. The third-order valence-corrected chi connectivity index (χ3v) is 6.02. The molecule has 27 heavy (non-hydrogen) atoms. The second kappa shape index (κ2) is 8.22. The fourth-order valence-electron chi connectivity index (χ4n) is 3.21. The summed E-state index contributed by atoms with van der Waals surface area (Å²) in [4.78, 5) is 11.3. The van der Waals surface area contributed by atoms with E-state index in [4.69, 9.17) is 4.74 Å². The van der Waals surface area contributed by atoms with Crippen molar-refractivity contribution < 1.29 is 13.2 Å². The van der Waals surface area contributed by atoms with E-state index in [0.29, 0.717) is 11.6 Å². The Kier molecular flexibility index (Phi) is 5.96. The molecule has 1 aromatic heterocycles. The van der Waals surface area contributed by atoms with Crippen LogP contribution in [0, 0.1) is 13.8 Å². The molecule has 1 fully saturated rings. The van der Waals surface area contributed by atoms with Gasteiger partial charge < -0.3 is 9.64 Å². The number of benzene rings is 1. The molecule has 7 nitrogen and oxygen atoms in total. The molecule has 0 unspecified atom stereocenters. The van der Waals surface area contributed by atoms with E-state index in [1.165, 1.54) is 13.5 Å². The molecule has 1 saturated heterocycles. The first-order valence-corrected chi connectivity index (χ1v) is 10.6. The van der Waals surface area contributed by atoms with Gasteiger partial charge in [0, 0.05) is 24.8 Å². The van der Waals surface area contributed by atoms with Gasteiger partial charge in [-0.2, -0.15) is 0 Å². The largest absolute Gasteiger partial charge is 0.495 e. The Morgan fingerprint density at radius 2 is 1.85 bits per heavy atom. The van der Waals surface area contributed by atoms with Gasteiger partial charge in [-0.15, -0.1) is 0 Å². The highest BCUT2D eigenvalue weighted by atomic mass is 32.2. The lowest BCUT2D eigenvalue weighted by Crippen LogP contribution is -2.31. The Hall–Kier alpha value is -2.19. The van der Waals surface area contributed by atoms with Crippen molar-refractivity contribution in [2.75, 3.05) is 25.1 Å². The van der Waals surface area contributed by atoms with Crippen molar-refractivity contribution in [3.63, 3.8) is 0 Å². The van der Waals surface area contributed by atoms with Gasteiger partial charge in [-0.05, 0) is 50.8 Å². The Balaban J connectivity index is 1.80. The van der Waals surface area contributed by atoms with E-state index < -0.39 is 10.0 Å². The number of rotatable bonds is 6. The quantitative estimate of drug-likeness (QED) is 0.816. The molecule has 8 heteroatoms. The lowest BCUT2D eigenvalue weighted by molar-refractivity contribution is 0.402. The summed E-state index contributed by atoms with van der Waals surface area (Å²) < 4.78 is 33.3. The molecule has 3 rings (SSSR count). The van der Waals surface area contributed by atoms with E-state index in [9.17, 15) is 8.42 Å². The van der Waals surface area contributed by atoms with Crippen LogP contribution in [0.1, 0.15) is 36.3 Å². The second-order valence-corrected chi connectivity index (χ2v) is 8.55. The minimum absolute atomic E-state index is 0.0297. The van der Waals surface area contributed by atoms with Crippen molar-refractivity contribution in [2.45, 2.75) is 44.6 Å². The molecule has 0 spiro atoms. The molecular weight excluding hydrogens is 364 g/mol.